The molecule has 0 amide bonds. The quantitative estimate of drug-likeness (QED) is 0.752. The Hall–Kier alpha value is -1.26. The number of nitrogens with two attached hydrogens (primary N) is 1. The van der Waals surface area contributed by atoms with Gasteiger partial charge in [0.25, 0.3) is 0 Å². The Morgan fingerprint density at radius 3 is 2.19 bits per heavy atom. The molecule has 1 rings (SSSR count). The lowest BCUT2D eigenvalue weighted by atomic mass is 9.86. The largest absolute Gasteiger partial charge is 0.323 e. The molecule has 1 atom stereocenters. The van der Waals surface area contributed by atoms with Gasteiger partial charge in [-0.3, -0.25) is 0 Å². The van der Waals surface area contributed by atoms with Crippen LogP contribution in [0.1, 0.15) is 51.3 Å². The SMILES string of the molecule is CC#CCC(N)c1ccc(C(C)(C)C)cc1. The lowest BCUT2D eigenvalue weighted by Crippen LogP contribution is -2.13. The third kappa shape index (κ3) is 3.40. The van der Waals surface area contributed by atoms with E-state index in [1.54, 1.807) is 0 Å². The third-order valence-corrected chi connectivity index (χ3v) is 2.70. The van der Waals surface area contributed by atoms with Gasteiger partial charge in [-0.15, -0.1) is 11.8 Å². The van der Waals surface area contributed by atoms with Crippen LogP contribution in [0, 0.1) is 11.8 Å². The van der Waals surface area contributed by atoms with Gasteiger partial charge in [0.1, 0.15) is 0 Å². The molecule has 2 N–H and O–H groups in total. The van der Waals surface area contributed by atoms with Crippen molar-refractivity contribution in [3.8, 4) is 11.8 Å². The van der Waals surface area contributed by atoms with Crippen molar-refractivity contribution in [1.82, 2.24) is 0 Å². The second-order valence-electron chi connectivity index (χ2n) is 5.11. The minimum atomic E-state index is 0.0291. The molecule has 0 bridgehead atoms. The fourth-order valence-electron chi connectivity index (χ4n) is 1.56. The lowest BCUT2D eigenvalue weighted by molar-refractivity contribution is 0.589. The normalized spacial score (nSPS) is 12.8. The molecule has 1 aromatic rings. The van der Waals surface area contributed by atoms with Gasteiger partial charge in [0, 0.05) is 12.5 Å². The zero-order valence-corrected chi connectivity index (χ0v) is 10.7. The van der Waals surface area contributed by atoms with Gasteiger partial charge in [0.05, 0.1) is 0 Å². The van der Waals surface area contributed by atoms with Crippen molar-refractivity contribution in [2.24, 2.45) is 5.73 Å². The predicted molar refractivity (Wildman–Crippen MR) is 70.1 cm³/mol. The van der Waals surface area contributed by atoms with Crippen LogP contribution < -0.4 is 5.73 Å². The second kappa shape index (κ2) is 5.18. The van der Waals surface area contributed by atoms with E-state index in [2.05, 4.69) is 56.9 Å². The molecule has 0 saturated heterocycles. The van der Waals surface area contributed by atoms with Crippen molar-refractivity contribution in [3.05, 3.63) is 35.4 Å². The summed E-state index contributed by atoms with van der Waals surface area (Å²) in [5.41, 5.74) is 8.74. The first kappa shape index (κ1) is 12.8. The van der Waals surface area contributed by atoms with Crippen molar-refractivity contribution < 1.29 is 0 Å². The second-order valence-corrected chi connectivity index (χ2v) is 5.11. The minimum absolute atomic E-state index is 0.0291. The molecule has 0 saturated carbocycles. The van der Waals surface area contributed by atoms with E-state index in [1.165, 1.54) is 5.56 Å². The predicted octanol–water partition coefficient (Wildman–Crippen LogP) is 3.40. The average molecular weight is 215 g/mol. The molecule has 0 aliphatic heterocycles. The summed E-state index contributed by atoms with van der Waals surface area (Å²) in [5.74, 6) is 5.89. The maximum Gasteiger partial charge on any atom is 0.0405 e. The van der Waals surface area contributed by atoms with Crippen LogP contribution in [-0.2, 0) is 5.41 Å². The standard InChI is InChI=1S/C15H21N/c1-5-6-7-14(16)12-8-10-13(11-9-12)15(2,3)4/h8-11,14H,7,16H2,1-4H3. The van der Waals surface area contributed by atoms with Crippen LogP contribution in [0.25, 0.3) is 0 Å². The number of hydrogen-bond acceptors (Lipinski definition) is 1. The van der Waals surface area contributed by atoms with Gasteiger partial charge in [0.2, 0.25) is 0 Å². The van der Waals surface area contributed by atoms with E-state index in [1.807, 2.05) is 6.92 Å². The molecular formula is C15H21N. The Bertz CT molecular complexity index is 384. The molecule has 1 unspecified atom stereocenters. The Morgan fingerprint density at radius 2 is 1.75 bits per heavy atom. The van der Waals surface area contributed by atoms with Crippen LogP contribution in [-0.4, -0.2) is 0 Å². The van der Waals surface area contributed by atoms with Gasteiger partial charge < -0.3 is 5.73 Å². The van der Waals surface area contributed by atoms with Crippen molar-refractivity contribution in [1.29, 1.82) is 0 Å². The summed E-state index contributed by atoms with van der Waals surface area (Å²) in [6.45, 7) is 8.48. The molecule has 0 radical (unpaired) electrons. The third-order valence-electron chi connectivity index (χ3n) is 2.70. The van der Waals surface area contributed by atoms with Gasteiger partial charge in [-0.25, -0.2) is 0 Å². The van der Waals surface area contributed by atoms with Gasteiger partial charge >= 0.3 is 0 Å². The summed E-state index contributed by atoms with van der Waals surface area (Å²) >= 11 is 0. The fourth-order valence-corrected chi connectivity index (χ4v) is 1.56. The smallest absolute Gasteiger partial charge is 0.0405 e. The Kier molecular flexibility index (Phi) is 4.15. The van der Waals surface area contributed by atoms with Crippen LogP contribution in [0.15, 0.2) is 24.3 Å². The zero-order valence-electron chi connectivity index (χ0n) is 10.7. The average Bonchev–Trinajstić information content (AvgIpc) is 2.25. The Labute approximate surface area is 99.1 Å². The molecular weight excluding hydrogens is 194 g/mol. The molecule has 0 fully saturated rings. The number of hydrogen-bond donors (Lipinski definition) is 1. The first-order chi connectivity index (χ1) is 7.45. The van der Waals surface area contributed by atoms with Crippen molar-refractivity contribution in [3.63, 3.8) is 0 Å². The maximum absolute atomic E-state index is 6.04. The highest BCUT2D eigenvalue weighted by Crippen LogP contribution is 2.23. The highest BCUT2D eigenvalue weighted by Gasteiger charge is 2.13. The molecule has 86 valence electrons. The van der Waals surface area contributed by atoms with E-state index in [4.69, 9.17) is 5.73 Å². The Morgan fingerprint density at radius 1 is 1.19 bits per heavy atom. The topological polar surface area (TPSA) is 26.0 Å². The lowest BCUT2D eigenvalue weighted by Gasteiger charge is -2.19. The zero-order chi connectivity index (χ0) is 12.2. The molecule has 0 aliphatic carbocycles. The molecule has 0 spiro atoms. The maximum atomic E-state index is 6.04. The highest BCUT2D eigenvalue weighted by molar-refractivity contribution is 5.29. The van der Waals surface area contributed by atoms with E-state index >= 15 is 0 Å². The minimum Gasteiger partial charge on any atom is -0.323 e. The molecule has 1 heteroatoms. The van der Waals surface area contributed by atoms with Crippen LogP contribution in [0.4, 0.5) is 0 Å². The summed E-state index contributed by atoms with van der Waals surface area (Å²) in [6.07, 6.45) is 0.728. The molecule has 1 nitrogen and oxygen atoms in total. The van der Waals surface area contributed by atoms with Gasteiger partial charge in [-0.2, -0.15) is 0 Å². The van der Waals surface area contributed by atoms with E-state index in [0.29, 0.717) is 0 Å². The summed E-state index contributed by atoms with van der Waals surface area (Å²) in [7, 11) is 0. The van der Waals surface area contributed by atoms with E-state index in [9.17, 15) is 0 Å². The summed E-state index contributed by atoms with van der Waals surface area (Å²) in [6, 6.07) is 8.58. The number of benzene rings is 1. The highest BCUT2D eigenvalue weighted by atomic mass is 14.6. The van der Waals surface area contributed by atoms with E-state index in [0.717, 1.165) is 12.0 Å². The summed E-state index contributed by atoms with van der Waals surface area (Å²) in [4.78, 5) is 0. The molecule has 0 aliphatic rings. The van der Waals surface area contributed by atoms with Gasteiger partial charge in [-0.1, -0.05) is 45.0 Å². The molecule has 1 aromatic carbocycles. The van der Waals surface area contributed by atoms with Crippen LogP contribution in [0.3, 0.4) is 0 Å². The molecule has 0 aromatic heterocycles. The number of rotatable bonds is 2. The summed E-state index contributed by atoms with van der Waals surface area (Å²) < 4.78 is 0. The fraction of sp³-hybridized carbons (Fsp3) is 0.467. The monoisotopic (exact) mass is 215 g/mol. The first-order valence-electron chi connectivity index (χ1n) is 5.71. The van der Waals surface area contributed by atoms with Crippen LogP contribution in [0.2, 0.25) is 0 Å². The van der Waals surface area contributed by atoms with Crippen molar-refractivity contribution >= 4 is 0 Å². The van der Waals surface area contributed by atoms with Crippen LogP contribution >= 0.6 is 0 Å². The molecule has 0 heterocycles. The van der Waals surface area contributed by atoms with Crippen molar-refractivity contribution in [2.75, 3.05) is 0 Å². The van der Waals surface area contributed by atoms with E-state index < -0.39 is 0 Å². The first-order valence-corrected chi connectivity index (χ1v) is 5.71. The van der Waals surface area contributed by atoms with Crippen LogP contribution in [0.5, 0.6) is 0 Å². The van der Waals surface area contributed by atoms with Gasteiger partial charge in [0.15, 0.2) is 0 Å². The Balaban J connectivity index is 2.81. The van der Waals surface area contributed by atoms with Gasteiger partial charge in [-0.05, 0) is 23.5 Å². The molecule has 16 heavy (non-hydrogen) atoms. The van der Waals surface area contributed by atoms with Crippen molar-refractivity contribution in [2.45, 2.75) is 45.6 Å². The summed E-state index contributed by atoms with van der Waals surface area (Å²) in [5, 5.41) is 0. The van der Waals surface area contributed by atoms with E-state index in [-0.39, 0.29) is 11.5 Å².